The molecule has 0 aromatic carbocycles. The second-order valence-corrected chi connectivity index (χ2v) is 17.6. The highest BCUT2D eigenvalue weighted by atomic mass is 16.4. The van der Waals surface area contributed by atoms with Gasteiger partial charge in [0.1, 0.15) is 48.3 Å². The first-order chi connectivity index (χ1) is 31.8. The molecule has 0 bridgehead atoms. The first-order valence-corrected chi connectivity index (χ1v) is 22.9. The average Bonchev–Trinajstić information content (AvgIpc) is 3.76. The molecule has 26 nitrogen and oxygen atoms in total. The molecule has 0 spiro atoms. The van der Waals surface area contributed by atoms with Gasteiger partial charge >= 0.3 is 5.97 Å². The summed E-state index contributed by atoms with van der Waals surface area (Å²) in [6, 6.07) is -11.3. The molecular formula is C42H76N14O12. The Kier molecular flexibility index (Phi) is 26.7. The summed E-state index contributed by atoms with van der Waals surface area (Å²) in [6.07, 6.45) is 1.64. The smallest absolute Gasteiger partial charge is 0.328 e. The molecule has 0 unspecified atom stereocenters. The number of nitrogens with zero attached hydrogens (tertiary/aromatic N) is 2. The van der Waals surface area contributed by atoms with Crippen LogP contribution in [-0.2, 0) is 47.9 Å². The van der Waals surface area contributed by atoms with E-state index in [0.717, 1.165) is 0 Å². The first-order valence-electron chi connectivity index (χ1n) is 22.9. The lowest BCUT2D eigenvalue weighted by Gasteiger charge is -2.31. The third kappa shape index (κ3) is 21.2. The van der Waals surface area contributed by atoms with E-state index in [-0.39, 0.29) is 63.5 Å². The van der Waals surface area contributed by atoms with E-state index in [1.54, 1.807) is 27.7 Å². The number of nitrogens with one attached hydrogen (secondary N) is 7. The molecule has 1 aliphatic heterocycles. The summed E-state index contributed by atoms with van der Waals surface area (Å²) in [5.74, 6) is -9.33. The van der Waals surface area contributed by atoms with Crippen molar-refractivity contribution >= 4 is 65.1 Å². The molecule has 0 saturated carbocycles. The highest BCUT2D eigenvalue weighted by molar-refractivity contribution is 5.98. The molecule has 0 aromatic rings. The highest BCUT2D eigenvalue weighted by Crippen LogP contribution is 2.21. The van der Waals surface area contributed by atoms with Crippen LogP contribution in [0.4, 0.5) is 0 Å². The number of carboxylic acid groups (broad SMARTS) is 1. The number of aliphatic carboxylic acids is 1. The van der Waals surface area contributed by atoms with Crippen LogP contribution in [0, 0.1) is 11.8 Å². The van der Waals surface area contributed by atoms with Gasteiger partial charge in [0, 0.05) is 19.5 Å². The number of aliphatic imine (C=N–C) groups is 1. The maximum absolute atomic E-state index is 14.4. The van der Waals surface area contributed by atoms with Crippen molar-refractivity contribution in [1.29, 1.82) is 0 Å². The maximum Gasteiger partial charge on any atom is 0.328 e. The van der Waals surface area contributed by atoms with Gasteiger partial charge in [0.25, 0.3) is 0 Å². The van der Waals surface area contributed by atoms with Crippen LogP contribution in [0.5, 0.6) is 0 Å². The molecule has 0 aliphatic carbocycles. The number of hydrogen-bond donors (Lipinski definition) is 14. The molecule has 1 fully saturated rings. The van der Waals surface area contributed by atoms with Gasteiger partial charge in [0.2, 0.25) is 53.2 Å². The van der Waals surface area contributed by atoms with Crippen LogP contribution < -0.4 is 65.9 Å². The second kappa shape index (κ2) is 30.3. The van der Waals surface area contributed by atoms with Gasteiger partial charge in [-0.05, 0) is 83.6 Å². The fourth-order valence-electron chi connectivity index (χ4n) is 7.02. The Morgan fingerprint density at radius 2 is 1.22 bits per heavy atom. The molecule has 386 valence electrons. The minimum absolute atomic E-state index is 0.0437. The Morgan fingerprint density at radius 1 is 0.662 bits per heavy atom. The number of carboxylic acids is 1. The molecule has 1 heterocycles. The van der Waals surface area contributed by atoms with Crippen molar-refractivity contribution in [2.75, 3.05) is 26.2 Å². The molecule has 1 saturated heterocycles. The molecule has 9 amide bonds. The van der Waals surface area contributed by atoms with Crippen LogP contribution in [-0.4, -0.2) is 161 Å². The Morgan fingerprint density at radius 3 is 1.75 bits per heavy atom. The largest absolute Gasteiger partial charge is 0.480 e. The number of carbonyl (C=O) groups excluding carboxylic acids is 9. The molecular weight excluding hydrogens is 893 g/mol. The topological polar surface area (TPSA) is 441 Å². The Labute approximate surface area is 396 Å². The van der Waals surface area contributed by atoms with Gasteiger partial charge in [-0.2, -0.15) is 0 Å². The summed E-state index contributed by atoms with van der Waals surface area (Å²) in [5, 5.41) is 36.0. The second-order valence-electron chi connectivity index (χ2n) is 17.6. The summed E-state index contributed by atoms with van der Waals surface area (Å²) in [5.41, 5.74) is 27.9. The van der Waals surface area contributed by atoms with E-state index in [1.807, 2.05) is 0 Å². The predicted octanol–water partition coefficient (Wildman–Crippen LogP) is -5.03. The molecule has 0 radical (unpaired) electrons. The lowest BCUT2D eigenvalue weighted by Crippen LogP contribution is -2.60. The number of likely N-dealkylation sites (tertiary alicyclic amines) is 1. The number of unbranched alkanes of at least 4 members (excludes halogenated alkanes) is 1. The number of aliphatic hydroxyl groups is 1. The van der Waals surface area contributed by atoms with Crippen molar-refractivity contribution in [3.05, 3.63) is 0 Å². The standard InChI is InChI=1S/C42H76N14O12/c1-21(2)19-28(53-33(59)23(5)49-35(61)25(44)11-7-8-16-43)37(63)51-26(14-15-31(45)58)36(62)52-27(12-9-17-48-42(46)47)40(66)56-18-10-13-30(56)38(64)55-32(22(3)4)39(65)50-24(6)34(60)54-29(20-57)41(67)68/h21-30,32,57H,7-20,43-44H2,1-6H3,(H2,45,58)(H,49,61)(H,50,65)(H,51,63)(H,52,62)(H,53,59)(H,54,60)(H,55,64)(H,67,68)(H4,46,47,48)/t23-,24-,25-,26-,27-,28-,29-,30-,32-/m0/s1. The summed E-state index contributed by atoms with van der Waals surface area (Å²) >= 11 is 0. The van der Waals surface area contributed by atoms with Gasteiger partial charge in [0.05, 0.1) is 12.6 Å². The number of nitrogens with two attached hydrogens (primary N) is 5. The van der Waals surface area contributed by atoms with Crippen LogP contribution in [0.25, 0.3) is 0 Å². The molecule has 9 atom stereocenters. The van der Waals surface area contributed by atoms with E-state index in [2.05, 4.69) is 42.2 Å². The Hall–Kier alpha value is -6.15. The van der Waals surface area contributed by atoms with Gasteiger partial charge in [-0.3, -0.25) is 48.1 Å². The van der Waals surface area contributed by atoms with Crippen molar-refractivity contribution in [2.45, 2.75) is 160 Å². The van der Waals surface area contributed by atoms with Gasteiger partial charge in [-0.25, -0.2) is 4.79 Å². The van der Waals surface area contributed by atoms with E-state index in [4.69, 9.17) is 33.8 Å². The van der Waals surface area contributed by atoms with E-state index >= 15 is 0 Å². The third-order valence-corrected chi connectivity index (χ3v) is 10.9. The van der Waals surface area contributed by atoms with Crippen molar-refractivity contribution < 1.29 is 58.2 Å². The lowest BCUT2D eigenvalue weighted by molar-refractivity contribution is -0.143. The van der Waals surface area contributed by atoms with Crippen LogP contribution >= 0.6 is 0 Å². The van der Waals surface area contributed by atoms with E-state index < -0.39 is 126 Å². The average molecular weight is 969 g/mol. The minimum Gasteiger partial charge on any atom is -0.480 e. The zero-order chi connectivity index (χ0) is 51.8. The summed E-state index contributed by atoms with van der Waals surface area (Å²) in [4.78, 5) is 136. The number of amides is 9. The van der Waals surface area contributed by atoms with Crippen LogP contribution in [0.3, 0.4) is 0 Å². The zero-order valence-corrected chi connectivity index (χ0v) is 40.0. The first kappa shape index (κ1) is 59.9. The molecule has 1 aliphatic rings. The van der Waals surface area contributed by atoms with Crippen molar-refractivity contribution in [2.24, 2.45) is 45.5 Å². The normalized spacial score (nSPS) is 16.9. The number of aliphatic hydroxyl groups excluding tert-OH is 1. The summed E-state index contributed by atoms with van der Waals surface area (Å²) < 4.78 is 0. The van der Waals surface area contributed by atoms with Crippen molar-refractivity contribution in [1.82, 2.24) is 42.1 Å². The van der Waals surface area contributed by atoms with Crippen LogP contribution in [0.15, 0.2) is 4.99 Å². The quantitative estimate of drug-likeness (QED) is 0.0176. The molecule has 1 rings (SSSR count). The zero-order valence-electron chi connectivity index (χ0n) is 40.0. The monoisotopic (exact) mass is 969 g/mol. The lowest BCUT2D eigenvalue weighted by atomic mass is 10.0. The molecule has 19 N–H and O–H groups in total. The summed E-state index contributed by atoms with van der Waals surface area (Å²) in [7, 11) is 0. The number of guanidine groups is 1. The van der Waals surface area contributed by atoms with E-state index in [0.29, 0.717) is 32.2 Å². The van der Waals surface area contributed by atoms with Crippen LogP contribution in [0.2, 0.25) is 0 Å². The van der Waals surface area contributed by atoms with E-state index in [9.17, 15) is 53.1 Å². The van der Waals surface area contributed by atoms with Gasteiger partial charge in [-0.15, -0.1) is 0 Å². The fourth-order valence-corrected chi connectivity index (χ4v) is 7.02. The number of carbonyl (C=O) groups is 10. The summed E-state index contributed by atoms with van der Waals surface area (Å²) in [6.45, 7) is 9.17. The molecule has 68 heavy (non-hydrogen) atoms. The van der Waals surface area contributed by atoms with Crippen molar-refractivity contribution in [3.63, 3.8) is 0 Å². The van der Waals surface area contributed by atoms with Crippen molar-refractivity contribution in [3.8, 4) is 0 Å². The number of primary amides is 1. The number of hydrogen-bond acceptors (Lipinski definition) is 14. The molecule has 26 heteroatoms. The Bertz CT molecular complexity index is 1780. The van der Waals surface area contributed by atoms with Gasteiger partial charge < -0.3 is 81.0 Å². The fraction of sp³-hybridized carbons (Fsp3) is 0.738. The predicted molar refractivity (Wildman–Crippen MR) is 248 cm³/mol. The maximum atomic E-state index is 14.4. The Balaban J connectivity index is 3.36. The molecule has 0 aromatic heterocycles. The van der Waals surface area contributed by atoms with Gasteiger partial charge in [0.15, 0.2) is 5.96 Å². The number of rotatable bonds is 31. The SMILES string of the molecule is CC(C)C[C@H](NC(=O)[C@H](C)NC(=O)[C@@H](N)CCCCN)C(=O)N[C@@H](CCC(N)=O)C(=O)N[C@@H](CCCN=C(N)N)C(=O)N1CCC[C@H]1C(=O)N[C@H](C(=O)N[C@@H](C)C(=O)N[C@@H](CO)C(=O)O)C(C)C. The third-order valence-electron chi connectivity index (χ3n) is 10.9. The van der Waals surface area contributed by atoms with Crippen LogP contribution in [0.1, 0.15) is 106 Å². The van der Waals surface area contributed by atoms with E-state index in [1.165, 1.54) is 18.7 Å². The minimum atomic E-state index is -1.62. The van der Waals surface area contributed by atoms with Gasteiger partial charge in [-0.1, -0.05) is 34.1 Å². The highest BCUT2D eigenvalue weighted by Gasteiger charge is 2.40.